The topological polar surface area (TPSA) is 46.9 Å². The summed E-state index contributed by atoms with van der Waals surface area (Å²) in [5.74, 6) is 0.0678. The van der Waals surface area contributed by atoms with E-state index in [1.807, 2.05) is 17.8 Å². The quantitative estimate of drug-likeness (QED) is 0.829. The van der Waals surface area contributed by atoms with E-state index >= 15 is 0 Å². The molecule has 0 atom stereocenters. The third-order valence-corrected chi connectivity index (χ3v) is 3.82. The number of hydrogen-bond acceptors (Lipinski definition) is 3. The monoisotopic (exact) mass is 293 g/mol. The van der Waals surface area contributed by atoms with E-state index in [0.717, 1.165) is 10.7 Å². The van der Waals surface area contributed by atoms with Crippen LogP contribution in [0.25, 0.3) is 0 Å². The van der Waals surface area contributed by atoms with Gasteiger partial charge in [-0.25, -0.2) is 9.37 Å². The molecule has 1 heterocycles. The molecule has 2 rings (SSSR count). The molecule has 0 unspecified atom stereocenters. The van der Waals surface area contributed by atoms with Crippen LogP contribution < -0.4 is 5.32 Å². The molecule has 0 radical (unpaired) electrons. The number of amides is 1. The van der Waals surface area contributed by atoms with Crippen molar-refractivity contribution in [3.05, 3.63) is 48.0 Å². The van der Waals surface area contributed by atoms with Gasteiger partial charge < -0.3 is 9.88 Å². The number of aryl methyl sites for hydroxylation is 1. The smallest absolute Gasteiger partial charge is 0.230 e. The first kappa shape index (κ1) is 14.6. The summed E-state index contributed by atoms with van der Waals surface area (Å²) < 4.78 is 14.6. The highest BCUT2D eigenvalue weighted by atomic mass is 32.2. The van der Waals surface area contributed by atoms with E-state index in [1.54, 1.807) is 18.3 Å². The van der Waals surface area contributed by atoms with Crippen molar-refractivity contribution in [2.75, 3.05) is 12.3 Å². The van der Waals surface area contributed by atoms with Crippen molar-refractivity contribution in [1.29, 1.82) is 0 Å². The van der Waals surface area contributed by atoms with E-state index in [1.165, 1.54) is 23.9 Å². The predicted molar refractivity (Wildman–Crippen MR) is 77.0 cm³/mol. The van der Waals surface area contributed by atoms with Gasteiger partial charge in [-0.2, -0.15) is 0 Å². The van der Waals surface area contributed by atoms with Crippen LogP contribution >= 0.6 is 11.8 Å². The molecule has 1 amide bonds. The van der Waals surface area contributed by atoms with Gasteiger partial charge in [0.2, 0.25) is 5.91 Å². The highest BCUT2D eigenvalue weighted by molar-refractivity contribution is 7.99. The molecular weight excluding hydrogens is 277 g/mol. The third kappa shape index (κ3) is 4.38. The van der Waals surface area contributed by atoms with Crippen LogP contribution in [0, 0.1) is 5.82 Å². The summed E-state index contributed by atoms with van der Waals surface area (Å²) in [7, 11) is 1.89. The van der Waals surface area contributed by atoms with E-state index in [4.69, 9.17) is 0 Å². The van der Waals surface area contributed by atoms with Gasteiger partial charge in [-0.3, -0.25) is 4.79 Å². The Bertz CT molecular complexity index is 568. The fraction of sp³-hybridized carbons (Fsp3) is 0.286. The van der Waals surface area contributed by atoms with Crippen molar-refractivity contribution in [2.45, 2.75) is 11.6 Å². The Morgan fingerprint density at radius 3 is 2.80 bits per heavy atom. The van der Waals surface area contributed by atoms with Crippen LogP contribution in [0.4, 0.5) is 4.39 Å². The molecule has 4 nitrogen and oxygen atoms in total. The normalized spacial score (nSPS) is 10.5. The second-order valence-electron chi connectivity index (χ2n) is 4.34. The van der Waals surface area contributed by atoms with Gasteiger partial charge in [0.15, 0.2) is 5.16 Å². The van der Waals surface area contributed by atoms with Crippen LogP contribution in [0.1, 0.15) is 5.56 Å². The molecule has 0 bridgehead atoms. The predicted octanol–water partition coefficient (Wildman–Crippen LogP) is 2.01. The minimum absolute atomic E-state index is 0.0277. The zero-order valence-corrected chi connectivity index (χ0v) is 12.0. The molecule has 20 heavy (non-hydrogen) atoms. The van der Waals surface area contributed by atoms with Crippen LogP contribution in [0.2, 0.25) is 0 Å². The summed E-state index contributed by atoms with van der Waals surface area (Å²) >= 11 is 1.40. The number of rotatable bonds is 6. The molecule has 0 saturated carbocycles. The molecule has 0 fully saturated rings. The van der Waals surface area contributed by atoms with Crippen LogP contribution in [-0.4, -0.2) is 27.8 Å². The number of carbonyl (C=O) groups is 1. The largest absolute Gasteiger partial charge is 0.355 e. The SMILES string of the molecule is Cn1ccnc1SCC(=O)NCCc1ccc(F)cc1. The van der Waals surface area contributed by atoms with Gasteiger partial charge in [0.1, 0.15) is 5.82 Å². The lowest BCUT2D eigenvalue weighted by Crippen LogP contribution is -2.27. The minimum atomic E-state index is -0.246. The highest BCUT2D eigenvalue weighted by Gasteiger charge is 2.05. The Kier molecular flexibility index (Phi) is 5.17. The molecule has 6 heteroatoms. The van der Waals surface area contributed by atoms with Crippen molar-refractivity contribution in [3.8, 4) is 0 Å². The number of benzene rings is 1. The lowest BCUT2D eigenvalue weighted by Gasteiger charge is -2.05. The van der Waals surface area contributed by atoms with Crippen molar-refractivity contribution in [2.24, 2.45) is 7.05 Å². The minimum Gasteiger partial charge on any atom is -0.355 e. The average molecular weight is 293 g/mol. The fourth-order valence-corrected chi connectivity index (χ4v) is 2.43. The van der Waals surface area contributed by atoms with Gasteiger partial charge in [-0.15, -0.1) is 0 Å². The zero-order chi connectivity index (χ0) is 14.4. The van der Waals surface area contributed by atoms with Gasteiger partial charge in [0.25, 0.3) is 0 Å². The van der Waals surface area contributed by atoms with E-state index in [0.29, 0.717) is 18.7 Å². The Balaban J connectivity index is 1.68. The fourth-order valence-electron chi connectivity index (χ4n) is 1.67. The average Bonchev–Trinajstić information content (AvgIpc) is 2.84. The Hall–Kier alpha value is -1.82. The number of nitrogens with one attached hydrogen (secondary N) is 1. The summed E-state index contributed by atoms with van der Waals surface area (Å²) in [4.78, 5) is 15.8. The molecular formula is C14H16FN3OS. The highest BCUT2D eigenvalue weighted by Crippen LogP contribution is 2.13. The van der Waals surface area contributed by atoms with E-state index in [2.05, 4.69) is 10.3 Å². The molecule has 0 saturated heterocycles. The Morgan fingerprint density at radius 2 is 2.15 bits per heavy atom. The molecule has 1 aromatic carbocycles. The first-order chi connectivity index (χ1) is 9.65. The van der Waals surface area contributed by atoms with Crippen LogP contribution in [-0.2, 0) is 18.3 Å². The summed E-state index contributed by atoms with van der Waals surface area (Å²) in [5.41, 5.74) is 1.00. The molecule has 0 aliphatic carbocycles. The number of aromatic nitrogens is 2. The number of nitrogens with zero attached hydrogens (tertiary/aromatic N) is 2. The van der Waals surface area contributed by atoms with E-state index < -0.39 is 0 Å². The van der Waals surface area contributed by atoms with Gasteiger partial charge in [-0.1, -0.05) is 23.9 Å². The maximum absolute atomic E-state index is 12.7. The summed E-state index contributed by atoms with van der Waals surface area (Å²) in [6, 6.07) is 6.30. The van der Waals surface area contributed by atoms with E-state index in [9.17, 15) is 9.18 Å². The third-order valence-electron chi connectivity index (χ3n) is 2.76. The van der Waals surface area contributed by atoms with Gasteiger partial charge in [0.05, 0.1) is 5.75 Å². The Labute approximate surface area is 121 Å². The summed E-state index contributed by atoms with van der Waals surface area (Å²) in [6.45, 7) is 0.547. The number of thioether (sulfide) groups is 1. The molecule has 2 aromatic rings. The van der Waals surface area contributed by atoms with Crippen LogP contribution in [0.5, 0.6) is 0 Å². The summed E-state index contributed by atoms with van der Waals surface area (Å²) in [6.07, 6.45) is 4.24. The van der Waals surface area contributed by atoms with Crippen molar-refractivity contribution in [1.82, 2.24) is 14.9 Å². The van der Waals surface area contributed by atoms with Gasteiger partial charge in [0, 0.05) is 26.0 Å². The molecule has 1 N–H and O–H groups in total. The van der Waals surface area contributed by atoms with Crippen molar-refractivity contribution in [3.63, 3.8) is 0 Å². The van der Waals surface area contributed by atoms with Gasteiger partial charge >= 0.3 is 0 Å². The van der Waals surface area contributed by atoms with Crippen molar-refractivity contribution >= 4 is 17.7 Å². The lowest BCUT2D eigenvalue weighted by atomic mass is 10.1. The number of imidazole rings is 1. The number of carbonyl (C=O) groups excluding carboxylic acids is 1. The molecule has 106 valence electrons. The van der Waals surface area contributed by atoms with Crippen LogP contribution in [0.15, 0.2) is 41.8 Å². The maximum Gasteiger partial charge on any atom is 0.230 e. The summed E-state index contributed by atoms with van der Waals surface area (Å²) in [5, 5.41) is 3.66. The van der Waals surface area contributed by atoms with Crippen LogP contribution in [0.3, 0.4) is 0 Å². The zero-order valence-electron chi connectivity index (χ0n) is 11.2. The second-order valence-corrected chi connectivity index (χ2v) is 5.28. The Morgan fingerprint density at radius 1 is 1.40 bits per heavy atom. The number of hydrogen-bond donors (Lipinski definition) is 1. The van der Waals surface area contributed by atoms with Gasteiger partial charge in [-0.05, 0) is 24.1 Å². The lowest BCUT2D eigenvalue weighted by molar-refractivity contribution is -0.118. The van der Waals surface area contributed by atoms with E-state index in [-0.39, 0.29) is 11.7 Å². The number of halogens is 1. The first-order valence-corrected chi connectivity index (χ1v) is 7.25. The molecule has 0 aliphatic heterocycles. The molecule has 0 aliphatic rings. The second kappa shape index (κ2) is 7.09. The molecule has 0 spiro atoms. The standard InChI is InChI=1S/C14H16FN3OS/c1-18-9-8-17-14(18)20-10-13(19)16-7-6-11-2-4-12(15)5-3-11/h2-5,8-9H,6-7,10H2,1H3,(H,16,19). The first-order valence-electron chi connectivity index (χ1n) is 6.26. The molecule has 1 aromatic heterocycles. The maximum atomic E-state index is 12.7. The van der Waals surface area contributed by atoms with Crippen molar-refractivity contribution < 1.29 is 9.18 Å².